The molecule has 0 radical (unpaired) electrons. The summed E-state index contributed by atoms with van der Waals surface area (Å²) < 4.78 is 10.0. The molecule has 1 heterocycles. The highest BCUT2D eigenvalue weighted by atomic mass is 32.1. The Kier molecular flexibility index (Phi) is 4.60. The lowest BCUT2D eigenvalue weighted by molar-refractivity contribution is 0.332. The molecule has 2 aromatic rings. The van der Waals surface area contributed by atoms with Crippen LogP contribution in [0.4, 0.5) is 5.13 Å². The van der Waals surface area contributed by atoms with Gasteiger partial charge in [0, 0.05) is 16.9 Å². The predicted molar refractivity (Wildman–Crippen MR) is 83.8 cm³/mol. The molecule has 0 saturated carbocycles. The first kappa shape index (κ1) is 14.8. The van der Waals surface area contributed by atoms with Crippen molar-refractivity contribution in [2.45, 2.75) is 33.1 Å². The van der Waals surface area contributed by atoms with Gasteiger partial charge >= 0.3 is 0 Å². The SMILES string of the molecule is Cc1cccc(OCCNc2nc(C(C)(C)C)ns2)c1. The second kappa shape index (κ2) is 6.22. The monoisotopic (exact) mass is 291 g/mol. The zero-order valence-corrected chi connectivity index (χ0v) is 13.3. The van der Waals surface area contributed by atoms with Crippen LogP contribution in [0.5, 0.6) is 5.75 Å². The summed E-state index contributed by atoms with van der Waals surface area (Å²) in [4.78, 5) is 4.48. The maximum absolute atomic E-state index is 5.68. The quantitative estimate of drug-likeness (QED) is 0.854. The molecule has 4 nitrogen and oxygen atoms in total. The summed E-state index contributed by atoms with van der Waals surface area (Å²) in [5.74, 6) is 1.78. The minimum absolute atomic E-state index is 0.00546. The summed E-state index contributed by atoms with van der Waals surface area (Å²) in [5.41, 5.74) is 1.20. The second-order valence-electron chi connectivity index (χ2n) is 5.76. The molecule has 20 heavy (non-hydrogen) atoms. The molecule has 2 rings (SSSR count). The number of aromatic nitrogens is 2. The fourth-order valence-corrected chi connectivity index (χ4v) is 2.41. The van der Waals surface area contributed by atoms with Crippen molar-refractivity contribution in [1.82, 2.24) is 9.36 Å². The lowest BCUT2D eigenvalue weighted by atomic mass is 9.96. The van der Waals surface area contributed by atoms with Crippen molar-refractivity contribution >= 4 is 16.7 Å². The van der Waals surface area contributed by atoms with E-state index < -0.39 is 0 Å². The van der Waals surface area contributed by atoms with Crippen LogP contribution in [0.25, 0.3) is 0 Å². The van der Waals surface area contributed by atoms with E-state index in [1.165, 1.54) is 17.1 Å². The number of ether oxygens (including phenoxy) is 1. The highest BCUT2D eigenvalue weighted by Gasteiger charge is 2.19. The van der Waals surface area contributed by atoms with Crippen molar-refractivity contribution in [2.24, 2.45) is 0 Å². The first-order chi connectivity index (χ1) is 9.45. The number of hydrogen-bond acceptors (Lipinski definition) is 5. The van der Waals surface area contributed by atoms with Crippen LogP contribution >= 0.6 is 11.5 Å². The van der Waals surface area contributed by atoms with Crippen molar-refractivity contribution in [3.8, 4) is 5.75 Å². The average molecular weight is 291 g/mol. The molecule has 0 aliphatic heterocycles. The van der Waals surface area contributed by atoms with Crippen molar-refractivity contribution in [3.05, 3.63) is 35.7 Å². The van der Waals surface area contributed by atoms with Gasteiger partial charge in [-0.2, -0.15) is 4.37 Å². The standard InChI is InChI=1S/C15H21N3OS/c1-11-6-5-7-12(10-11)19-9-8-16-14-17-13(18-20-14)15(2,3)4/h5-7,10H,8-9H2,1-4H3,(H,16,17,18). The topological polar surface area (TPSA) is 47.0 Å². The molecule has 0 saturated heterocycles. The fraction of sp³-hybridized carbons (Fsp3) is 0.467. The third-order valence-corrected chi connectivity index (χ3v) is 3.41. The summed E-state index contributed by atoms with van der Waals surface area (Å²) in [6.45, 7) is 9.71. The Hall–Kier alpha value is -1.62. The van der Waals surface area contributed by atoms with Gasteiger partial charge in [0.15, 0.2) is 0 Å². The van der Waals surface area contributed by atoms with Gasteiger partial charge in [0.25, 0.3) is 0 Å². The number of nitrogens with one attached hydrogen (secondary N) is 1. The molecule has 0 spiro atoms. The third kappa shape index (κ3) is 4.20. The van der Waals surface area contributed by atoms with E-state index in [1.54, 1.807) is 0 Å². The number of anilines is 1. The van der Waals surface area contributed by atoms with E-state index in [9.17, 15) is 0 Å². The van der Waals surface area contributed by atoms with Crippen LogP contribution in [0.1, 0.15) is 32.2 Å². The summed E-state index contributed by atoms with van der Waals surface area (Å²) in [6, 6.07) is 8.05. The maximum Gasteiger partial charge on any atom is 0.202 e. The van der Waals surface area contributed by atoms with Gasteiger partial charge < -0.3 is 10.1 Å². The van der Waals surface area contributed by atoms with Gasteiger partial charge in [-0.05, 0) is 24.6 Å². The van der Waals surface area contributed by atoms with E-state index in [0.29, 0.717) is 13.2 Å². The van der Waals surface area contributed by atoms with Crippen molar-refractivity contribution in [3.63, 3.8) is 0 Å². The average Bonchev–Trinajstić information content (AvgIpc) is 2.83. The summed E-state index contributed by atoms with van der Waals surface area (Å²) in [6.07, 6.45) is 0. The van der Waals surface area contributed by atoms with Gasteiger partial charge in [0.2, 0.25) is 5.13 Å². The summed E-state index contributed by atoms with van der Waals surface area (Å²) in [5, 5.41) is 4.09. The van der Waals surface area contributed by atoms with Crippen LogP contribution < -0.4 is 10.1 Å². The highest BCUT2D eigenvalue weighted by Crippen LogP contribution is 2.22. The van der Waals surface area contributed by atoms with Gasteiger partial charge in [-0.15, -0.1) is 0 Å². The van der Waals surface area contributed by atoms with Gasteiger partial charge in [-0.1, -0.05) is 32.9 Å². The van der Waals surface area contributed by atoms with Crippen LogP contribution in [0, 0.1) is 6.92 Å². The van der Waals surface area contributed by atoms with Crippen LogP contribution in [-0.4, -0.2) is 22.5 Å². The molecule has 5 heteroatoms. The Labute approximate surface area is 124 Å². The van der Waals surface area contributed by atoms with Gasteiger partial charge in [-0.3, -0.25) is 0 Å². The molecule has 1 aromatic carbocycles. The van der Waals surface area contributed by atoms with E-state index >= 15 is 0 Å². The van der Waals surface area contributed by atoms with Crippen LogP contribution in [0.3, 0.4) is 0 Å². The Morgan fingerprint density at radius 3 is 2.75 bits per heavy atom. The lowest BCUT2D eigenvalue weighted by Crippen LogP contribution is -2.14. The van der Waals surface area contributed by atoms with Crippen LogP contribution in [0.15, 0.2) is 24.3 Å². The highest BCUT2D eigenvalue weighted by molar-refractivity contribution is 7.09. The third-order valence-electron chi connectivity index (χ3n) is 2.73. The molecule has 1 aromatic heterocycles. The fourth-order valence-electron chi connectivity index (χ4n) is 1.63. The molecule has 108 valence electrons. The Balaban J connectivity index is 1.77. The van der Waals surface area contributed by atoms with E-state index in [1.807, 2.05) is 18.2 Å². The number of hydrogen-bond donors (Lipinski definition) is 1. The van der Waals surface area contributed by atoms with Gasteiger partial charge in [0.1, 0.15) is 18.2 Å². The predicted octanol–water partition coefficient (Wildman–Crippen LogP) is 3.63. The first-order valence-electron chi connectivity index (χ1n) is 6.73. The molecule has 0 bridgehead atoms. The van der Waals surface area contributed by atoms with E-state index in [-0.39, 0.29) is 5.41 Å². The lowest BCUT2D eigenvalue weighted by Gasteiger charge is -2.12. The molecule has 1 N–H and O–H groups in total. The van der Waals surface area contributed by atoms with Gasteiger partial charge in [-0.25, -0.2) is 4.98 Å². The minimum atomic E-state index is -0.00546. The Morgan fingerprint density at radius 2 is 2.10 bits per heavy atom. The van der Waals surface area contributed by atoms with E-state index in [0.717, 1.165) is 16.7 Å². The molecule has 0 aliphatic rings. The van der Waals surface area contributed by atoms with Gasteiger partial charge in [0.05, 0.1) is 6.54 Å². The van der Waals surface area contributed by atoms with E-state index in [4.69, 9.17) is 4.74 Å². The van der Waals surface area contributed by atoms with Crippen LogP contribution in [-0.2, 0) is 5.41 Å². The number of nitrogens with zero attached hydrogens (tertiary/aromatic N) is 2. The normalized spacial score (nSPS) is 11.4. The summed E-state index contributed by atoms with van der Waals surface area (Å²) in [7, 11) is 0. The number of benzene rings is 1. The van der Waals surface area contributed by atoms with Crippen molar-refractivity contribution in [2.75, 3.05) is 18.5 Å². The molecule has 0 fully saturated rings. The maximum atomic E-state index is 5.68. The number of rotatable bonds is 5. The van der Waals surface area contributed by atoms with Crippen molar-refractivity contribution < 1.29 is 4.74 Å². The van der Waals surface area contributed by atoms with E-state index in [2.05, 4.69) is 48.4 Å². The molecule has 0 unspecified atom stereocenters. The van der Waals surface area contributed by atoms with Crippen molar-refractivity contribution in [1.29, 1.82) is 0 Å². The number of aryl methyl sites for hydroxylation is 1. The second-order valence-corrected chi connectivity index (χ2v) is 6.52. The molecule has 0 aliphatic carbocycles. The zero-order chi connectivity index (χ0) is 14.6. The Morgan fingerprint density at radius 1 is 1.30 bits per heavy atom. The molecular weight excluding hydrogens is 270 g/mol. The zero-order valence-electron chi connectivity index (χ0n) is 12.4. The molecule has 0 atom stereocenters. The smallest absolute Gasteiger partial charge is 0.202 e. The first-order valence-corrected chi connectivity index (χ1v) is 7.50. The summed E-state index contributed by atoms with van der Waals surface area (Å²) >= 11 is 1.40. The molecule has 0 amide bonds. The van der Waals surface area contributed by atoms with Crippen LogP contribution in [0.2, 0.25) is 0 Å². The minimum Gasteiger partial charge on any atom is -0.492 e. The Bertz CT molecular complexity index is 560. The largest absolute Gasteiger partial charge is 0.492 e. The molecular formula is C15H21N3OS.